The second-order valence-electron chi connectivity index (χ2n) is 9.97. The summed E-state index contributed by atoms with van der Waals surface area (Å²) in [6, 6.07) is 0. The van der Waals surface area contributed by atoms with Crippen LogP contribution in [0.5, 0.6) is 0 Å². The number of aliphatic hydroxyl groups excluding tert-OH is 3. The lowest BCUT2D eigenvalue weighted by Gasteiger charge is -2.65. The van der Waals surface area contributed by atoms with Gasteiger partial charge in [0.1, 0.15) is 17.8 Å². The first kappa shape index (κ1) is 19.3. The Labute approximate surface area is 150 Å². The van der Waals surface area contributed by atoms with Crippen molar-refractivity contribution >= 4 is 5.78 Å². The first-order valence-electron chi connectivity index (χ1n) is 9.63. The SMILES string of the molecule is CC1(C)CCC[C@]2(C)[C@H]3CC[C@](C)([C@@H](O)CO)O[C@]3(C)[C@H](O)C(=O)[C@@H]12. The van der Waals surface area contributed by atoms with Gasteiger partial charge in [0.25, 0.3) is 0 Å². The smallest absolute Gasteiger partial charge is 0.168 e. The Balaban J connectivity index is 2.04. The zero-order valence-electron chi connectivity index (χ0n) is 16.2. The van der Waals surface area contributed by atoms with Crippen molar-refractivity contribution in [1.82, 2.24) is 0 Å². The van der Waals surface area contributed by atoms with Crippen LogP contribution in [0.2, 0.25) is 0 Å². The Morgan fingerprint density at radius 3 is 2.40 bits per heavy atom. The third-order valence-corrected chi connectivity index (χ3v) is 7.82. The highest BCUT2D eigenvalue weighted by molar-refractivity contribution is 5.89. The molecule has 0 spiro atoms. The van der Waals surface area contributed by atoms with Gasteiger partial charge >= 0.3 is 0 Å². The lowest BCUT2D eigenvalue weighted by molar-refractivity contribution is -0.303. The molecule has 7 atom stereocenters. The molecule has 0 unspecified atom stereocenters. The van der Waals surface area contributed by atoms with Crippen LogP contribution in [0.3, 0.4) is 0 Å². The van der Waals surface area contributed by atoms with Crippen LogP contribution in [-0.4, -0.2) is 51.1 Å². The summed E-state index contributed by atoms with van der Waals surface area (Å²) in [6.07, 6.45) is 2.20. The van der Waals surface area contributed by atoms with Crippen LogP contribution in [0, 0.1) is 22.7 Å². The van der Waals surface area contributed by atoms with E-state index in [1.807, 2.05) is 6.92 Å². The van der Waals surface area contributed by atoms with Crippen molar-refractivity contribution in [2.45, 2.75) is 90.1 Å². The summed E-state index contributed by atoms with van der Waals surface area (Å²) in [5.74, 6) is -0.234. The lowest BCUT2D eigenvalue weighted by atomic mass is 9.43. The molecule has 25 heavy (non-hydrogen) atoms. The zero-order chi connectivity index (χ0) is 18.8. The van der Waals surface area contributed by atoms with E-state index in [0.717, 1.165) is 25.7 Å². The second-order valence-corrected chi connectivity index (χ2v) is 9.97. The minimum absolute atomic E-state index is 0.0521. The third-order valence-electron chi connectivity index (χ3n) is 7.82. The van der Waals surface area contributed by atoms with Gasteiger partial charge in [0.15, 0.2) is 5.78 Å². The van der Waals surface area contributed by atoms with E-state index in [1.54, 1.807) is 6.92 Å². The maximum absolute atomic E-state index is 13.2. The first-order chi connectivity index (χ1) is 11.4. The van der Waals surface area contributed by atoms with Gasteiger partial charge in [-0.1, -0.05) is 27.2 Å². The van der Waals surface area contributed by atoms with Crippen LogP contribution in [-0.2, 0) is 9.53 Å². The maximum atomic E-state index is 13.2. The number of rotatable bonds is 2. The maximum Gasteiger partial charge on any atom is 0.168 e. The van der Waals surface area contributed by atoms with Crippen molar-refractivity contribution in [3.8, 4) is 0 Å². The Bertz CT molecular complexity index is 560. The fourth-order valence-electron chi connectivity index (χ4n) is 6.63. The summed E-state index contributed by atoms with van der Waals surface area (Å²) in [5.41, 5.74) is -2.32. The van der Waals surface area contributed by atoms with Gasteiger partial charge in [-0.3, -0.25) is 4.79 Å². The fourth-order valence-corrected chi connectivity index (χ4v) is 6.63. The Morgan fingerprint density at radius 2 is 1.80 bits per heavy atom. The molecular weight excluding hydrogens is 320 g/mol. The molecule has 0 bridgehead atoms. The van der Waals surface area contributed by atoms with Crippen LogP contribution in [0.4, 0.5) is 0 Å². The number of carbonyl (C=O) groups is 1. The quantitative estimate of drug-likeness (QED) is 0.707. The lowest BCUT2D eigenvalue weighted by Crippen LogP contribution is -2.73. The van der Waals surface area contributed by atoms with Crippen molar-refractivity contribution in [1.29, 1.82) is 0 Å². The van der Waals surface area contributed by atoms with E-state index in [9.17, 15) is 20.1 Å². The predicted octanol–water partition coefficient (Wildman–Crippen LogP) is 2.06. The van der Waals surface area contributed by atoms with E-state index >= 15 is 0 Å². The number of ether oxygens (including phenoxy) is 1. The molecule has 144 valence electrons. The molecule has 3 aliphatic rings. The monoisotopic (exact) mass is 354 g/mol. The van der Waals surface area contributed by atoms with Gasteiger partial charge in [-0.15, -0.1) is 0 Å². The summed E-state index contributed by atoms with van der Waals surface area (Å²) in [5, 5.41) is 30.6. The minimum Gasteiger partial charge on any atom is -0.394 e. The molecule has 3 rings (SSSR count). The van der Waals surface area contributed by atoms with Crippen LogP contribution < -0.4 is 0 Å². The molecule has 5 heteroatoms. The summed E-state index contributed by atoms with van der Waals surface area (Å²) >= 11 is 0. The Morgan fingerprint density at radius 1 is 1.16 bits per heavy atom. The predicted molar refractivity (Wildman–Crippen MR) is 94.0 cm³/mol. The summed E-state index contributed by atoms with van der Waals surface area (Å²) < 4.78 is 6.30. The summed E-state index contributed by atoms with van der Waals surface area (Å²) in [4.78, 5) is 13.2. The van der Waals surface area contributed by atoms with E-state index in [2.05, 4.69) is 20.8 Å². The van der Waals surface area contributed by atoms with Gasteiger partial charge in [0.2, 0.25) is 0 Å². The standard InChI is InChI=1S/C20H34O5/c1-17(2)8-6-9-18(3)12-7-10-19(4,13(22)11-21)25-20(12,5)16(24)14(23)15(17)18/h12-13,15-16,21-22,24H,6-11H2,1-5H3/t12-,13+,15+,16-,18-,19-,20+/m1/s1. The topological polar surface area (TPSA) is 87.0 Å². The van der Waals surface area contributed by atoms with Crippen molar-refractivity contribution in [3.05, 3.63) is 0 Å². The molecule has 0 aromatic rings. The average molecular weight is 354 g/mol. The minimum atomic E-state index is -1.20. The van der Waals surface area contributed by atoms with E-state index in [4.69, 9.17) is 4.74 Å². The first-order valence-corrected chi connectivity index (χ1v) is 9.63. The van der Waals surface area contributed by atoms with Crippen molar-refractivity contribution in [2.24, 2.45) is 22.7 Å². The van der Waals surface area contributed by atoms with Gasteiger partial charge < -0.3 is 20.1 Å². The van der Waals surface area contributed by atoms with Crippen LogP contribution in [0.1, 0.15) is 66.7 Å². The number of ketones is 1. The van der Waals surface area contributed by atoms with Crippen LogP contribution in [0.25, 0.3) is 0 Å². The highest BCUT2D eigenvalue weighted by Gasteiger charge is 2.68. The normalized spacial score (nSPS) is 50.7. The van der Waals surface area contributed by atoms with E-state index in [0.29, 0.717) is 6.42 Å². The highest BCUT2D eigenvalue weighted by atomic mass is 16.6. The molecular formula is C20H34O5. The van der Waals surface area contributed by atoms with Gasteiger partial charge in [-0.05, 0) is 56.3 Å². The fraction of sp³-hybridized carbons (Fsp3) is 0.950. The molecule has 2 saturated carbocycles. The van der Waals surface area contributed by atoms with Crippen molar-refractivity contribution in [2.75, 3.05) is 6.61 Å². The number of aliphatic hydroxyl groups is 3. The van der Waals surface area contributed by atoms with Crippen molar-refractivity contribution in [3.63, 3.8) is 0 Å². The zero-order valence-corrected chi connectivity index (χ0v) is 16.2. The van der Waals surface area contributed by atoms with Crippen LogP contribution in [0.15, 0.2) is 0 Å². The van der Waals surface area contributed by atoms with Gasteiger partial charge in [-0.25, -0.2) is 0 Å². The van der Waals surface area contributed by atoms with E-state index in [-0.39, 0.29) is 28.4 Å². The largest absolute Gasteiger partial charge is 0.394 e. The van der Waals surface area contributed by atoms with E-state index in [1.165, 1.54) is 0 Å². The van der Waals surface area contributed by atoms with Crippen molar-refractivity contribution < 1.29 is 24.9 Å². The van der Waals surface area contributed by atoms with Crippen LogP contribution >= 0.6 is 0 Å². The average Bonchev–Trinajstić information content (AvgIpc) is 2.50. The highest BCUT2D eigenvalue weighted by Crippen LogP contribution is 2.64. The number of hydrogen-bond donors (Lipinski definition) is 3. The van der Waals surface area contributed by atoms with E-state index < -0.39 is 30.0 Å². The molecule has 1 saturated heterocycles. The molecule has 1 aliphatic heterocycles. The Hall–Kier alpha value is -0.490. The molecule has 0 amide bonds. The molecule has 0 aromatic heterocycles. The van der Waals surface area contributed by atoms with Gasteiger partial charge in [0.05, 0.1) is 12.2 Å². The summed E-state index contributed by atoms with van der Waals surface area (Å²) in [6.45, 7) is 9.68. The number of fused-ring (bicyclic) bond motifs is 3. The van der Waals surface area contributed by atoms with Gasteiger partial charge in [-0.2, -0.15) is 0 Å². The number of Topliss-reactive ketones (excluding diaryl/α,β-unsaturated/α-hetero) is 1. The molecule has 3 fully saturated rings. The Kier molecular flexibility index (Phi) is 4.43. The second kappa shape index (κ2) is 5.75. The number of hydrogen-bond acceptors (Lipinski definition) is 5. The molecule has 0 radical (unpaired) electrons. The third kappa shape index (κ3) is 2.53. The molecule has 3 N–H and O–H groups in total. The summed E-state index contributed by atoms with van der Waals surface area (Å²) in [7, 11) is 0. The molecule has 1 heterocycles. The molecule has 2 aliphatic carbocycles. The van der Waals surface area contributed by atoms with Gasteiger partial charge in [0, 0.05) is 5.92 Å². The molecule has 5 nitrogen and oxygen atoms in total. The molecule has 0 aromatic carbocycles. The number of carbonyl (C=O) groups excluding carboxylic acids is 1.